The Hall–Kier alpha value is -3.71. The number of aromatic nitrogens is 2. The van der Waals surface area contributed by atoms with Gasteiger partial charge in [0.25, 0.3) is 0 Å². The first kappa shape index (κ1) is 31.5. The molecule has 0 atom stereocenters. The van der Waals surface area contributed by atoms with E-state index in [9.17, 15) is 36.2 Å². The van der Waals surface area contributed by atoms with Crippen molar-refractivity contribution in [3.8, 4) is 17.3 Å². The third kappa shape index (κ3) is 10.2. The molecule has 1 heterocycles. The van der Waals surface area contributed by atoms with Gasteiger partial charge in [-0.1, -0.05) is 30.3 Å². The van der Waals surface area contributed by atoms with Gasteiger partial charge in [-0.2, -0.15) is 31.3 Å². The minimum Gasteiger partial charge on any atom is -0.478 e. The summed E-state index contributed by atoms with van der Waals surface area (Å²) in [4.78, 5) is 21.6. The van der Waals surface area contributed by atoms with E-state index in [1.165, 1.54) is 13.2 Å². The maximum absolute atomic E-state index is 12.4. The van der Waals surface area contributed by atoms with Crippen molar-refractivity contribution >= 4 is 5.97 Å². The predicted octanol–water partition coefficient (Wildman–Crippen LogP) is 5.62. The highest BCUT2D eigenvalue weighted by atomic mass is 19.4. The summed E-state index contributed by atoms with van der Waals surface area (Å²) in [6.07, 6.45) is -7.44. The molecule has 0 spiro atoms. The van der Waals surface area contributed by atoms with Crippen LogP contribution in [0.25, 0.3) is 11.3 Å². The van der Waals surface area contributed by atoms with Gasteiger partial charge in [0.15, 0.2) is 0 Å². The molecule has 0 saturated heterocycles. The number of carboxylic acid groups (broad SMARTS) is 1. The number of hydrogen-bond donors (Lipinski definition) is 2. The first-order valence-corrected chi connectivity index (χ1v) is 11.6. The first-order valence-electron chi connectivity index (χ1n) is 11.6. The number of aromatic carboxylic acids is 1. The van der Waals surface area contributed by atoms with Gasteiger partial charge in [-0.15, -0.1) is 0 Å². The number of carboxylic acids is 1. The van der Waals surface area contributed by atoms with Crippen molar-refractivity contribution in [3.63, 3.8) is 0 Å². The van der Waals surface area contributed by atoms with Crippen LogP contribution in [0, 0.1) is 0 Å². The van der Waals surface area contributed by atoms with Crippen LogP contribution >= 0.6 is 0 Å². The fourth-order valence-electron chi connectivity index (χ4n) is 3.28. The lowest BCUT2D eigenvalue weighted by atomic mass is 10.0. The number of nitrogens with one attached hydrogen (secondary N) is 1. The molecule has 0 aliphatic carbocycles. The average Bonchev–Trinajstić information content (AvgIpc) is 2.86. The van der Waals surface area contributed by atoms with Crippen LogP contribution in [0.1, 0.15) is 33.5 Å². The summed E-state index contributed by atoms with van der Waals surface area (Å²) in [6.45, 7) is 1.32. The minimum absolute atomic E-state index is 0.0605. The summed E-state index contributed by atoms with van der Waals surface area (Å²) in [5.41, 5.74) is -1.50. The van der Waals surface area contributed by atoms with Gasteiger partial charge in [-0.25, -0.2) is 9.78 Å². The van der Waals surface area contributed by atoms with E-state index in [0.29, 0.717) is 24.4 Å². The first-order chi connectivity index (χ1) is 18.2. The van der Waals surface area contributed by atoms with E-state index in [1.807, 2.05) is 44.4 Å². The Balaban J connectivity index is 0.000000283. The second-order valence-corrected chi connectivity index (χ2v) is 8.54. The molecular weight excluding hydrogens is 530 g/mol. The van der Waals surface area contributed by atoms with Crippen LogP contribution in [-0.2, 0) is 18.9 Å². The van der Waals surface area contributed by atoms with Crippen molar-refractivity contribution in [1.82, 2.24) is 20.2 Å². The second-order valence-electron chi connectivity index (χ2n) is 8.54. The van der Waals surface area contributed by atoms with Crippen LogP contribution in [0.4, 0.5) is 26.3 Å². The number of nitrogens with zero attached hydrogens (tertiary/aromatic N) is 3. The summed E-state index contributed by atoms with van der Waals surface area (Å²) in [5.74, 6) is -1.06. The largest absolute Gasteiger partial charge is 0.478 e. The Morgan fingerprint density at radius 2 is 1.59 bits per heavy atom. The molecule has 7 nitrogen and oxygen atoms in total. The SMILES string of the molecule is CN(C)CCCOc1ncc(C(=O)O)c(-c2ccccc2)n1.CNCc1cc(C(F)(F)F)cc(C(F)(F)F)c1. The summed E-state index contributed by atoms with van der Waals surface area (Å²) >= 11 is 0. The number of carbonyl (C=O) groups is 1. The van der Waals surface area contributed by atoms with Gasteiger partial charge in [-0.3, -0.25) is 0 Å². The Kier molecular flexibility index (Phi) is 11.2. The van der Waals surface area contributed by atoms with Crippen LogP contribution < -0.4 is 10.1 Å². The van der Waals surface area contributed by atoms with Crippen molar-refractivity contribution in [2.24, 2.45) is 0 Å². The molecule has 0 aliphatic heterocycles. The molecule has 39 heavy (non-hydrogen) atoms. The van der Waals surface area contributed by atoms with Crippen LogP contribution in [0.5, 0.6) is 6.01 Å². The Labute approximate surface area is 221 Å². The summed E-state index contributed by atoms with van der Waals surface area (Å²) in [5, 5.41) is 11.8. The molecule has 2 aromatic carbocycles. The van der Waals surface area contributed by atoms with E-state index < -0.39 is 29.4 Å². The van der Waals surface area contributed by atoms with Gasteiger partial charge < -0.3 is 20.1 Å². The molecule has 13 heteroatoms. The number of hydrogen-bond acceptors (Lipinski definition) is 6. The molecule has 2 N–H and O–H groups in total. The van der Waals surface area contributed by atoms with Gasteiger partial charge >= 0.3 is 24.3 Å². The zero-order chi connectivity index (χ0) is 29.2. The van der Waals surface area contributed by atoms with Crippen molar-refractivity contribution in [2.75, 3.05) is 34.3 Å². The van der Waals surface area contributed by atoms with Crippen LogP contribution in [0.15, 0.2) is 54.7 Å². The summed E-state index contributed by atoms with van der Waals surface area (Å²) in [6, 6.07) is 10.9. The number of ether oxygens (including phenoxy) is 1. The minimum atomic E-state index is -4.79. The maximum atomic E-state index is 12.4. The van der Waals surface area contributed by atoms with Gasteiger partial charge in [0, 0.05) is 24.8 Å². The number of alkyl halides is 6. The second kappa shape index (κ2) is 13.9. The average molecular weight is 559 g/mol. The van der Waals surface area contributed by atoms with E-state index in [2.05, 4.69) is 20.2 Å². The van der Waals surface area contributed by atoms with E-state index in [4.69, 9.17) is 4.74 Å². The molecule has 212 valence electrons. The highest BCUT2D eigenvalue weighted by Gasteiger charge is 2.36. The Bertz CT molecular complexity index is 1190. The maximum Gasteiger partial charge on any atom is 0.416 e. The highest BCUT2D eigenvalue weighted by molar-refractivity contribution is 5.94. The summed E-state index contributed by atoms with van der Waals surface area (Å²) in [7, 11) is 5.42. The predicted molar refractivity (Wildman–Crippen MR) is 132 cm³/mol. The normalized spacial score (nSPS) is 11.6. The molecular formula is C26H28F6N4O3. The van der Waals surface area contributed by atoms with Crippen LogP contribution in [0.2, 0.25) is 0 Å². The van der Waals surface area contributed by atoms with E-state index in [1.54, 1.807) is 0 Å². The molecule has 0 fully saturated rings. The molecule has 1 aromatic heterocycles. The molecule has 3 aromatic rings. The quantitative estimate of drug-likeness (QED) is 0.261. The van der Waals surface area contributed by atoms with Crippen molar-refractivity contribution in [1.29, 1.82) is 0 Å². The lowest BCUT2D eigenvalue weighted by Gasteiger charge is -2.13. The van der Waals surface area contributed by atoms with Gasteiger partial charge in [0.1, 0.15) is 5.56 Å². The van der Waals surface area contributed by atoms with Crippen LogP contribution in [-0.4, -0.2) is 60.2 Å². The molecule has 0 aliphatic rings. The fraction of sp³-hybridized carbons (Fsp3) is 0.346. The third-order valence-corrected chi connectivity index (χ3v) is 5.05. The molecule has 0 bridgehead atoms. The Morgan fingerprint density at radius 3 is 2.08 bits per heavy atom. The molecule has 0 saturated carbocycles. The molecule has 0 radical (unpaired) electrons. The molecule has 0 unspecified atom stereocenters. The van der Waals surface area contributed by atoms with E-state index in [-0.39, 0.29) is 29.7 Å². The number of rotatable bonds is 9. The van der Waals surface area contributed by atoms with Crippen LogP contribution in [0.3, 0.4) is 0 Å². The van der Waals surface area contributed by atoms with Crippen molar-refractivity contribution in [3.05, 3.63) is 77.0 Å². The molecule has 0 amide bonds. The monoisotopic (exact) mass is 558 g/mol. The lowest BCUT2D eigenvalue weighted by Crippen LogP contribution is -2.16. The summed E-state index contributed by atoms with van der Waals surface area (Å²) < 4.78 is 79.8. The van der Waals surface area contributed by atoms with Crippen molar-refractivity contribution < 1.29 is 41.0 Å². The number of benzene rings is 2. The van der Waals surface area contributed by atoms with E-state index >= 15 is 0 Å². The highest BCUT2D eigenvalue weighted by Crippen LogP contribution is 2.36. The lowest BCUT2D eigenvalue weighted by molar-refractivity contribution is -0.143. The fourth-order valence-corrected chi connectivity index (χ4v) is 3.28. The van der Waals surface area contributed by atoms with Gasteiger partial charge in [-0.05, 0) is 51.3 Å². The standard InChI is InChI=1S/C16H19N3O3.C10H9F6N/c1-19(2)9-6-10-22-16-17-11-13(15(20)21)14(18-16)12-7-4-3-5-8-12;1-17-5-6-2-7(9(11,12)13)4-8(3-6)10(14,15)16/h3-5,7-8,11H,6,9-10H2,1-2H3,(H,20,21);2-4,17H,5H2,1H3. The van der Waals surface area contributed by atoms with E-state index in [0.717, 1.165) is 18.5 Å². The zero-order valence-electron chi connectivity index (χ0n) is 21.4. The number of halogens is 6. The molecule has 3 rings (SSSR count). The topological polar surface area (TPSA) is 87.6 Å². The smallest absolute Gasteiger partial charge is 0.416 e. The third-order valence-electron chi connectivity index (χ3n) is 5.05. The Morgan fingerprint density at radius 1 is 1.00 bits per heavy atom. The van der Waals surface area contributed by atoms with Gasteiger partial charge in [0.05, 0.1) is 23.4 Å². The van der Waals surface area contributed by atoms with Crippen molar-refractivity contribution in [2.45, 2.75) is 25.3 Å². The zero-order valence-corrected chi connectivity index (χ0v) is 21.4. The van der Waals surface area contributed by atoms with Gasteiger partial charge in [0.2, 0.25) is 0 Å².